The second-order valence-electron chi connectivity index (χ2n) is 6.78. The van der Waals surface area contributed by atoms with Gasteiger partial charge in [0.25, 0.3) is 11.6 Å². The standard InChI is InChI=1S/C23H16N4O2S/c1-14-9-10-19(24-13-14)26-22(28)16-12-17(18-8-5-11-30-18)25-23-20(16)21(27-29-23)15-6-3-2-4-7-15/h2-13H,1H3,(H,24,26,28). The summed E-state index contributed by atoms with van der Waals surface area (Å²) in [5.74, 6) is 0.183. The SMILES string of the molecule is Cc1ccc(NC(=O)c2cc(-c3cccs3)nc3onc(-c4ccccc4)c23)nc1. The minimum absolute atomic E-state index is 0.294. The van der Waals surface area contributed by atoms with Crippen molar-refractivity contribution in [3.8, 4) is 21.8 Å². The van der Waals surface area contributed by atoms with Crippen LogP contribution in [-0.2, 0) is 0 Å². The average molecular weight is 412 g/mol. The summed E-state index contributed by atoms with van der Waals surface area (Å²) in [6.07, 6.45) is 1.71. The summed E-state index contributed by atoms with van der Waals surface area (Å²) in [6.45, 7) is 1.95. The van der Waals surface area contributed by atoms with E-state index in [2.05, 4.69) is 20.4 Å². The first-order valence-corrected chi connectivity index (χ1v) is 10.2. The van der Waals surface area contributed by atoms with Crippen molar-refractivity contribution in [1.82, 2.24) is 15.1 Å². The number of nitrogens with one attached hydrogen (secondary N) is 1. The number of amides is 1. The Balaban J connectivity index is 1.67. The number of hydrogen-bond donors (Lipinski definition) is 1. The molecule has 0 aliphatic carbocycles. The Labute approximate surface area is 176 Å². The monoisotopic (exact) mass is 412 g/mol. The van der Waals surface area contributed by atoms with E-state index in [0.717, 1.165) is 16.0 Å². The molecule has 146 valence electrons. The van der Waals surface area contributed by atoms with Crippen LogP contribution in [0.5, 0.6) is 0 Å². The van der Waals surface area contributed by atoms with E-state index >= 15 is 0 Å². The highest BCUT2D eigenvalue weighted by Crippen LogP contribution is 2.34. The lowest BCUT2D eigenvalue weighted by Crippen LogP contribution is -2.14. The lowest BCUT2D eigenvalue weighted by atomic mass is 10.0. The number of thiophene rings is 1. The van der Waals surface area contributed by atoms with Crippen molar-refractivity contribution < 1.29 is 9.32 Å². The van der Waals surface area contributed by atoms with E-state index in [1.54, 1.807) is 29.7 Å². The van der Waals surface area contributed by atoms with Crippen molar-refractivity contribution in [2.24, 2.45) is 0 Å². The largest absolute Gasteiger partial charge is 0.335 e. The highest BCUT2D eigenvalue weighted by atomic mass is 32.1. The second kappa shape index (κ2) is 7.53. The topological polar surface area (TPSA) is 80.9 Å². The van der Waals surface area contributed by atoms with Gasteiger partial charge in [0.2, 0.25) is 0 Å². The Morgan fingerprint density at radius 2 is 1.93 bits per heavy atom. The van der Waals surface area contributed by atoms with Crippen molar-refractivity contribution in [2.45, 2.75) is 6.92 Å². The van der Waals surface area contributed by atoms with Crippen LogP contribution in [0.2, 0.25) is 0 Å². The van der Waals surface area contributed by atoms with E-state index in [1.807, 2.05) is 60.8 Å². The zero-order valence-electron chi connectivity index (χ0n) is 16.0. The molecule has 0 atom stereocenters. The molecule has 7 heteroatoms. The lowest BCUT2D eigenvalue weighted by Gasteiger charge is -2.08. The fourth-order valence-corrected chi connectivity index (χ4v) is 3.89. The number of carbonyl (C=O) groups excluding carboxylic acids is 1. The third kappa shape index (κ3) is 3.35. The molecule has 4 aromatic heterocycles. The zero-order chi connectivity index (χ0) is 20.5. The van der Waals surface area contributed by atoms with Crippen molar-refractivity contribution in [3.05, 3.63) is 83.4 Å². The molecule has 1 N–H and O–H groups in total. The first-order chi connectivity index (χ1) is 14.7. The van der Waals surface area contributed by atoms with E-state index in [4.69, 9.17) is 4.52 Å². The molecule has 0 spiro atoms. The van der Waals surface area contributed by atoms with Gasteiger partial charge in [-0.1, -0.05) is 47.6 Å². The Hall–Kier alpha value is -3.84. The number of carbonyl (C=O) groups is 1. The van der Waals surface area contributed by atoms with E-state index in [-0.39, 0.29) is 5.91 Å². The minimum Gasteiger partial charge on any atom is -0.335 e. The maximum atomic E-state index is 13.3. The Morgan fingerprint density at radius 1 is 1.07 bits per heavy atom. The van der Waals surface area contributed by atoms with Crippen molar-refractivity contribution in [1.29, 1.82) is 0 Å². The zero-order valence-corrected chi connectivity index (χ0v) is 16.8. The number of aryl methyl sites for hydroxylation is 1. The quantitative estimate of drug-likeness (QED) is 0.417. The summed E-state index contributed by atoms with van der Waals surface area (Å²) in [4.78, 5) is 23.1. The first-order valence-electron chi connectivity index (χ1n) is 9.33. The molecule has 30 heavy (non-hydrogen) atoms. The van der Waals surface area contributed by atoms with Crippen molar-refractivity contribution >= 4 is 34.2 Å². The van der Waals surface area contributed by atoms with Gasteiger partial charge in [-0.3, -0.25) is 4.79 Å². The predicted octanol–water partition coefficient (Wildman–Crippen LogP) is 5.57. The molecular formula is C23H16N4O2S. The summed E-state index contributed by atoms with van der Waals surface area (Å²) in [6, 6.07) is 19.0. The van der Waals surface area contributed by atoms with Crippen LogP contribution in [0.25, 0.3) is 32.9 Å². The van der Waals surface area contributed by atoms with Crippen molar-refractivity contribution in [3.63, 3.8) is 0 Å². The maximum Gasteiger partial charge on any atom is 0.259 e. The number of rotatable bonds is 4. The molecule has 0 aliphatic heterocycles. The predicted molar refractivity (Wildman–Crippen MR) is 117 cm³/mol. The molecule has 0 saturated heterocycles. The molecule has 5 rings (SSSR count). The normalized spacial score (nSPS) is 11.0. The van der Waals surface area contributed by atoms with Gasteiger partial charge in [0.15, 0.2) is 0 Å². The molecule has 0 saturated carbocycles. The molecule has 0 bridgehead atoms. The van der Waals surface area contributed by atoms with E-state index in [0.29, 0.717) is 33.9 Å². The number of anilines is 1. The molecule has 5 aromatic rings. The van der Waals surface area contributed by atoms with Crippen LogP contribution in [0.4, 0.5) is 5.82 Å². The fourth-order valence-electron chi connectivity index (χ4n) is 3.20. The molecule has 4 heterocycles. The molecule has 0 unspecified atom stereocenters. The lowest BCUT2D eigenvalue weighted by molar-refractivity contribution is 0.102. The van der Waals surface area contributed by atoms with Crippen molar-refractivity contribution in [2.75, 3.05) is 5.32 Å². The van der Waals surface area contributed by atoms with Crippen LogP contribution in [0, 0.1) is 6.92 Å². The van der Waals surface area contributed by atoms with Crippen LogP contribution in [0.15, 0.2) is 76.8 Å². The Morgan fingerprint density at radius 3 is 2.67 bits per heavy atom. The molecule has 0 aliphatic rings. The third-order valence-corrected chi connectivity index (χ3v) is 5.56. The smallest absolute Gasteiger partial charge is 0.259 e. The van der Waals surface area contributed by atoms with Gasteiger partial charge in [-0.15, -0.1) is 11.3 Å². The summed E-state index contributed by atoms with van der Waals surface area (Å²) >= 11 is 1.55. The number of aromatic nitrogens is 3. The fraction of sp³-hybridized carbons (Fsp3) is 0.0435. The van der Waals surface area contributed by atoms with Crippen LogP contribution in [-0.4, -0.2) is 21.0 Å². The van der Waals surface area contributed by atoms with E-state index in [9.17, 15) is 4.79 Å². The van der Waals surface area contributed by atoms with Crippen LogP contribution < -0.4 is 5.32 Å². The molecule has 1 amide bonds. The molecule has 1 aromatic carbocycles. The van der Waals surface area contributed by atoms with E-state index in [1.165, 1.54) is 0 Å². The van der Waals surface area contributed by atoms with Gasteiger partial charge in [-0.05, 0) is 36.1 Å². The molecule has 0 fully saturated rings. The van der Waals surface area contributed by atoms with E-state index < -0.39 is 0 Å². The molecular weight excluding hydrogens is 396 g/mol. The van der Waals surface area contributed by atoms with Gasteiger partial charge in [0.1, 0.15) is 11.5 Å². The van der Waals surface area contributed by atoms with Gasteiger partial charge in [0.05, 0.1) is 21.5 Å². The second-order valence-corrected chi connectivity index (χ2v) is 7.73. The molecule has 0 radical (unpaired) electrons. The summed E-state index contributed by atoms with van der Waals surface area (Å²) in [7, 11) is 0. The average Bonchev–Trinajstić information content (AvgIpc) is 3.45. The minimum atomic E-state index is -0.294. The Bertz CT molecular complexity index is 1330. The summed E-state index contributed by atoms with van der Waals surface area (Å²) in [5.41, 5.74) is 3.87. The molecule has 6 nitrogen and oxygen atoms in total. The maximum absolute atomic E-state index is 13.3. The number of nitrogens with zero attached hydrogens (tertiary/aromatic N) is 3. The van der Waals surface area contributed by atoms with Gasteiger partial charge in [-0.2, -0.15) is 0 Å². The highest BCUT2D eigenvalue weighted by molar-refractivity contribution is 7.13. The van der Waals surface area contributed by atoms with Gasteiger partial charge >= 0.3 is 0 Å². The van der Waals surface area contributed by atoms with Crippen LogP contribution in [0.3, 0.4) is 0 Å². The summed E-state index contributed by atoms with van der Waals surface area (Å²) in [5, 5.41) is 9.64. The Kier molecular flexibility index (Phi) is 4.57. The van der Waals surface area contributed by atoms with Crippen LogP contribution in [0.1, 0.15) is 15.9 Å². The van der Waals surface area contributed by atoms with Gasteiger partial charge in [-0.25, -0.2) is 9.97 Å². The highest BCUT2D eigenvalue weighted by Gasteiger charge is 2.22. The summed E-state index contributed by atoms with van der Waals surface area (Å²) < 4.78 is 5.55. The number of benzene rings is 1. The number of pyridine rings is 2. The number of hydrogen-bond acceptors (Lipinski definition) is 6. The number of fused-ring (bicyclic) bond motifs is 1. The van der Waals surface area contributed by atoms with Crippen LogP contribution >= 0.6 is 11.3 Å². The van der Waals surface area contributed by atoms with Gasteiger partial charge < -0.3 is 9.84 Å². The third-order valence-electron chi connectivity index (χ3n) is 4.66. The van der Waals surface area contributed by atoms with Gasteiger partial charge in [0, 0.05) is 11.8 Å². The first kappa shape index (κ1) is 18.2.